The molecular weight excluding hydrogens is 372 g/mol. The molecule has 7 heteroatoms. The molecule has 0 saturated heterocycles. The van der Waals surface area contributed by atoms with Crippen molar-refractivity contribution in [3.8, 4) is 5.75 Å². The van der Waals surface area contributed by atoms with Gasteiger partial charge in [-0.25, -0.2) is 14.6 Å². The van der Waals surface area contributed by atoms with Crippen LogP contribution in [0.5, 0.6) is 5.75 Å². The number of hydrogen-bond acceptors (Lipinski definition) is 7. The molecule has 0 fully saturated rings. The van der Waals surface area contributed by atoms with E-state index in [1.54, 1.807) is 33.1 Å². The van der Waals surface area contributed by atoms with Crippen LogP contribution in [-0.4, -0.2) is 37.2 Å². The van der Waals surface area contributed by atoms with E-state index in [0.717, 1.165) is 0 Å². The average molecular weight is 394 g/mol. The molecule has 0 bridgehead atoms. The van der Waals surface area contributed by atoms with Gasteiger partial charge in [0.25, 0.3) is 0 Å². The number of carbonyl (C=O) groups excluding carboxylic acids is 2. The number of aromatic nitrogens is 1. The maximum Gasteiger partial charge on any atom is 0.357 e. The third-order valence-electron chi connectivity index (χ3n) is 4.18. The van der Waals surface area contributed by atoms with Crippen molar-refractivity contribution in [2.75, 3.05) is 25.6 Å². The highest BCUT2D eigenvalue weighted by Crippen LogP contribution is 2.33. The molecule has 29 heavy (non-hydrogen) atoms. The lowest BCUT2D eigenvalue weighted by molar-refractivity contribution is 0.0475. The number of ether oxygens (including phenoxy) is 3. The van der Waals surface area contributed by atoms with Crippen LogP contribution in [0.15, 0.2) is 48.5 Å². The maximum atomic E-state index is 12.8. The molecule has 0 saturated carbocycles. The quantitative estimate of drug-likeness (QED) is 0.597. The summed E-state index contributed by atoms with van der Waals surface area (Å²) in [7, 11) is 1.57. The van der Waals surface area contributed by atoms with Crippen LogP contribution in [0.4, 0.5) is 11.4 Å². The number of rotatable bonds is 7. The van der Waals surface area contributed by atoms with Gasteiger partial charge in [0, 0.05) is 17.1 Å². The van der Waals surface area contributed by atoms with Crippen LogP contribution < -0.4 is 10.1 Å². The van der Waals surface area contributed by atoms with Gasteiger partial charge in [-0.15, -0.1) is 0 Å². The van der Waals surface area contributed by atoms with Crippen LogP contribution in [-0.2, 0) is 9.47 Å². The number of esters is 2. The molecule has 1 heterocycles. The first-order chi connectivity index (χ1) is 14.1. The highest BCUT2D eigenvalue weighted by atomic mass is 16.5. The molecule has 0 radical (unpaired) electrons. The molecule has 0 spiro atoms. The largest absolute Gasteiger partial charge is 0.497 e. The number of fused-ring (bicyclic) bond motifs is 1. The van der Waals surface area contributed by atoms with Crippen molar-refractivity contribution >= 4 is 34.2 Å². The molecule has 1 aromatic heterocycles. The number of nitrogens with zero attached hydrogens (tertiary/aromatic N) is 1. The predicted molar refractivity (Wildman–Crippen MR) is 110 cm³/mol. The Hall–Kier alpha value is -3.61. The van der Waals surface area contributed by atoms with Gasteiger partial charge in [-0.1, -0.05) is 24.3 Å². The number of pyridine rings is 1. The Bertz CT molecular complexity index is 1050. The first-order valence-electron chi connectivity index (χ1n) is 9.27. The van der Waals surface area contributed by atoms with E-state index >= 15 is 0 Å². The van der Waals surface area contributed by atoms with Crippen LogP contribution in [0.2, 0.25) is 0 Å². The highest BCUT2D eigenvalue weighted by Gasteiger charge is 2.27. The summed E-state index contributed by atoms with van der Waals surface area (Å²) in [4.78, 5) is 29.8. The van der Waals surface area contributed by atoms with E-state index in [1.807, 2.05) is 36.4 Å². The molecule has 1 N–H and O–H groups in total. The topological polar surface area (TPSA) is 86.8 Å². The molecule has 7 nitrogen and oxygen atoms in total. The van der Waals surface area contributed by atoms with Crippen LogP contribution in [0.3, 0.4) is 0 Å². The van der Waals surface area contributed by atoms with E-state index < -0.39 is 11.9 Å². The lowest BCUT2D eigenvalue weighted by Gasteiger charge is -2.17. The molecule has 0 aliphatic heterocycles. The minimum absolute atomic E-state index is 0.0341. The van der Waals surface area contributed by atoms with Gasteiger partial charge in [-0.3, -0.25) is 0 Å². The summed E-state index contributed by atoms with van der Waals surface area (Å²) >= 11 is 0. The molecular formula is C22H22N2O5. The Morgan fingerprint density at radius 2 is 1.69 bits per heavy atom. The first kappa shape index (κ1) is 20.1. The molecule has 0 unspecified atom stereocenters. The van der Waals surface area contributed by atoms with Gasteiger partial charge in [-0.05, 0) is 32.0 Å². The third-order valence-corrected chi connectivity index (χ3v) is 4.18. The standard InChI is InChI=1S/C22H22N2O5/c1-4-28-21(25)18-19(23-14-9-8-10-15(13-14)27-3)16-11-6-7-12-17(16)24-20(18)22(26)29-5-2/h6-13H,4-5H2,1-3H3,(H,23,24). The van der Waals surface area contributed by atoms with E-state index in [1.165, 1.54) is 0 Å². The zero-order chi connectivity index (χ0) is 20.8. The van der Waals surface area contributed by atoms with E-state index in [9.17, 15) is 9.59 Å². The zero-order valence-electron chi connectivity index (χ0n) is 16.5. The van der Waals surface area contributed by atoms with Crippen LogP contribution in [0.1, 0.15) is 34.7 Å². The van der Waals surface area contributed by atoms with Gasteiger partial charge in [0.05, 0.1) is 31.5 Å². The van der Waals surface area contributed by atoms with Gasteiger partial charge in [0.15, 0.2) is 5.69 Å². The maximum absolute atomic E-state index is 12.8. The molecule has 0 aliphatic rings. The van der Waals surface area contributed by atoms with Gasteiger partial charge < -0.3 is 19.5 Å². The average Bonchev–Trinajstić information content (AvgIpc) is 2.74. The second-order valence-electron chi connectivity index (χ2n) is 6.03. The van der Waals surface area contributed by atoms with E-state index in [4.69, 9.17) is 14.2 Å². The lowest BCUT2D eigenvalue weighted by Crippen LogP contribution is -2.18. The molecule has 2 aromatic carbocycles. The molecule has 0 atom stereocenters. The van der Waals surface area contributed by atoms with Crippen molar-refractivity contribution < 1.29 is 23.8 Å². The summed E-state index contributed by atoms with van der Waals surface area (Å²) < 4.78 is 15.6. The summed E-state index contributed by atoms with van der Waals surface area (Å²) in [5.74, 6) is -0.689. The van der Waals surface area contributed by atoms with E-state index in [0.29, 0.717) is 28.0 Å². The second-order valence-corrected chi connectivity index (χ2v) is 6.03. The summed E-state index contributed by atoms with van der Waals surface area (Å²) in [5.41, 5.74) is 1.60. The minimum atomic E-state index is -0.685. The van der Waals surface area contributed by atoms with Crippen molar-refractivity contribution in [2.24, 2.45) is 0 Å². The van der Waals surface area contributed by atoms with Crippen molar-refractivity contribution in [2.45, 2.75) is 13.8 Å². The SMILES string of the molecule is CCOC(=O)c1nc2ccccc2c(Nc2cccc(OC)c2)c1C(=O)OCC. The minimum Gasteiger partial charge on any atom is -0.497 e. The molecule has 3 aromatic rings. The van der Waals surface area contributed by atoms with Gasteiger partial charge in [0.2, 0.25) is 0 Å². The normalized spacial score (nSPS) is 10.4. The Morgan fingerprint density at radius 3 is 2.41 bits per heavy atom. The summed E-state index contributed by atoms with van der Waals surface area (Å²) in [6, 6.07) is 14.5. The zero-order valence-corrected chi connectivity index (χ0v) is 16.5. The number of carbonyl (C=O) groups is 2. The van der Waals surface area contributed by atoms with Gasteiger partial charge >= 0.3 is 11.9 Å². The summed E-state index contributed by atoms with van der Waals surface area (Å²) in [6.45, 7) is 3.71. The first-order valence-corrected chi connectivity index (χ1v) is 9.27. The Morgan fingerprint density at radius 1 is 0.966 bits per heavy atom. The van der Waals surface area contributed by atoms with E-state index in [-0.39, 0.29) is 24.5 Å². The summed E-state index contributed by atoms with van der Waals surface area (Å²) in [5, 5.41) is 3.91. The van der Waals surface area contributed by atoms with Crippen molar-refractivity contribution in [1.82, 2.24) is 4.98 Å². The fourth-order valence-corrected chi connectivity index (χ4v) is 2.94. The number of anilines is 2. The van der Waals surface area contributed by atoms with Crippen LogP contribution in [0, 0.1) is 0 Å². The Balaban J connectivity index is 2.26. The number of benzene rings is 2. The summed E-state index contributed by atoms with van der Waals surface area (Å²) in [6.07, 6.45) is 0. The number of nitrogens with one attached hydrogen (secondary N) is 1. The highest BCUT2D eigenvalue weighted by molar-refractivity contribution is 6.12. The van der Waals surface area contributed by atoms with Crippen LogP contribution in [0.25, 0.3) is 10.9 Å². The lowest BCUT2D eigenvalue weighted by atomic mass is 10.0. The number of hydrogen-bond donors (Lipinski definition) is 1. The fourth-order valence-electron chi connectivity index (χ4n) is 2.94. The fraction of sp³-hybridized carbons (Fsp3) is 0.227. The smallest absolute Gasteiger partial charge is 0.357 e. The predicted octanol–water partition coefficient (Wildman–Crippen LogP) is 4.34. The molecule has 150 valence electrons. The van der Waals surface area contributed by atoms with Gasteiger partial charge in [-0.2, -0.15) is 0 Å². The van der Waals surface area contributed by atoms with Crippen molar-refractivity contribution in [3.05, 3.63) is 59.8 Å². The molecule has 0 amide bonds. The van der Waals surface area contributed by atoms with Crippen molar-refractivity contribution in [1.29, 1.82) is 0 Å². The second kappa shape index (κ2) is 9.05. The Kier molecular flexibility index (Phi) is 6.29. The molecule has 3 rings (SSSR count). The van der Waals surface area contributed by atoms with Crippen molar-refractivity contribution in [3.63, 3.8) is 0 Å². The van der Waals surface area contributed by atoms with Crippen LogP contribution >= 0.6 is 0 Å². The number of para-hydroxylation sites is 1. The van der Waals surface area contributed by atoms with Gasteiger partial charge in [0.1, 0.15) is 11.3 Å². The monoisotopic (exact) mass is 394 g/mol. The third kappa shape index (κ3) is 4.29. The Labute approximate surface area is 168 Å². The van der Waals surface area contributed by atoms with E-state index in [2.05, 4.69) is 10.3 Å². The number of methoxy groups -OCH3 is 1. The molecule has 0 aliphatic carbocycles.